The molecule has 0 radical (unpaired) electrons. The van der Waals surface area contributed by atoms with E-state index in [1.54, 1.807) is 7.11 Å². The van der Waals surface area contributed by atoms with Crippen LogP contribution in [0.1, 0.15) is 24.9 Å². The van der Waals surface area contributed by atoms with Crippen LogP contribution in [0.25, 0.3) is 10.8 Å². The van der Waals surface area contributed by atoms with Crippen LogP contribution in [0.3, 0.4) is 0 Å². The largest absolute Gasteiger partial charge is 0.379 e. The van der Waals surface area contributed by atoms with Crippen molar-refractivity contribution in [3.8, 4) is 0 Å². The summed E-state index contributed by atoms with van der Waals surface area (Å²) in [6, 6.07) is 15.3. The maximum atomic E-state index is 5.56. The van der Waals surface area contributed by atoms with Crippen LogP contribution in [-0.2, 0) is 4.74 Å². The minimum absolute atomic E-state index is 0.205. The molecule has 2 heteroatoms. The Kier molecular flexibility index (Phi) is 4.34. The second-order valence-corrected chi connectivity index (χ2v) is 4.56. The van der Waals surface area contributed by atoms with Crippen molar-refractivity contribution in [1.82, 2.24) is 5.32 Å². The second kappa shape index (κ2) is 5.98. The van der Waals surface area contributed by atoms with E-state index >= 15 is 0 Å². The van der Waals surface area contributed by atoms with Gasteiger partial charge in [-0.1, -0.05) is 43.3 Å². The molecule has 0 bridgehead atoms. The van der Waals surface area contributed by atoms with Gasteiger partial charge < -0.3 is 10.1 Å². The van der Waals surface area contributed by atoms with Crippen molar-refractivity contribution in [2.45, 2.75) is 25.5 Å². The zero-order chi connectivity index (χ0) is 13.0. The van der Waals surface area contributed by atoms with Crippen molar-refractivity contribution in [2.24, 2.45) is 0 Å². The van der Waals surface area contributed by atoms with E-state index in [0.29, 0.717) is 0 Å². The molecule has 0 saturated heterocycles. The van der Waals surface area contributed by atoms with Gasteiger partial charge in [0, 0.05) is 7.11 Å². The summed E-state index contributed by atoms with van der Waals surface area (Å²) in [5.74, 6) is 0. The van der Waals surface area contributed by atoms with Gasteiger partial charge in [-0.05, 0) is 35.9 Å². The standard InChI is InChI=1S/C16H21NO/c1-4-15(18-3)16(17-2)14-10-9-12-7-5-6-8-13(12)11-14/h5-11,15-17H,4H2,1-3H3. The Bertz CT molecular complexity index is 505. The van der Waals surface area contributed by atoms with Crippen LogP contribution >= 0.6 is 0 Å². The summed E-state index contributed by atoms with van der Waals surface area (Å²) in [7, 11) is 3.76. The maximum Gasteiger partial charge on any atom is 0.0763 e. The minimum Gasteiger partial charge on any atom is -0.379 e. The quantitative estimate of drug-likeness (QED) is 0.867. The predicted octanol–water partition coefficient (Wildman–Crippen LogP) is 3.53. The predicted molar refractivity (Wildman–Crippen MR) is 76.8 cm³/mol. The highest BCUT2D eigenvalue weighted by Crippen LogP contribution is 2.24. The topological polar surface area (TPSA) is 21.3 Å². The Morgan fingerprint density at radius 2 is 1.83 bits per heavy atom. The molecule has 0 saturated carbocycles. The van der Waals surface area contributed by atoms with Gasteiger partial charge in [0.15, 0.2) is 0 Å². The summed E-state index contributed by atoms with van der Waals surface area (Å²) in [5.41, 5.74) is 1.28. The number of rotatable bonds is 5. The number of benzene rings is 2. The Morgan fingerprint density at radius 3 is 2.44 bits per heavy atom. The average Bonchev–Trinajstić information content (AvgIpc) is 2.44. The van der Waals surface area contributed by atoms with Gasteiger partial charge in [-0.2, -0.15) is 0 Å². The van der Waals surface area contributed by atoms with Crippen LogP contribution < -0.4 is 5.32 Å². The Hall–Kier alpha value is -1.38. The molecule has 2 nitrogen and oxygen atoms in total. The lowest BCUT2D eigenvalue weighted by Gasteiger charge is -2.25. The third-order valence-corrected chi connectivity index (χ3v) is 3.52. The van der Waals surface area contributed by atoms with Crippen LogP contribution in [0.5, 0.6) is 0 Å². The van der Waals surface area contributed by atoms with Crippen molar-refractivity contribution in [3.05, 3.63) is 48.0 Å². The van der Waals surface area contributed by atoms with Crippen LogP contribution in [0, 0.1) is 0 Å². The summed E-state index contributed by atoms with van der Waals surface area (Å²) in [6.45, 7) is 2.15. The molecule has 2 aromatic rings. The molecule has 0 aromatic heterocycles. The van der Waals surface area contributed by atoms with E-state index in [1.807, 2.05) is 7.05 Å². The van der Waals surface area contributed by atoms with Gasteiger partial charge in [0.2, 0.25) is 0 Å². The lowest BCUT2D eigenvalue weighted by molar-refractivity contribution is 0.0676. The van der Waals surface area contributed by atoms with Crippen molar-refractivity contribution in [3.63, 3.8) is 0 Å². The van der Waals surface area contributed by atoms with Gasteiger partial charge in [-0.15, -0.1) is 0 Å². The van der Waals surface area contributed by atoms with E-state index in [1.165, 1.54) is 16.3 Å². The van der Waals surface area contributed by atoms with Crippen LogP contribution in [0.4, 0.5) is 0 Å². The van der Waals surface area contributed by atoms with Crippen molar-refractivity contribution >= 4 is 10.8 Å². The molecule has 18 heavy (non-hydrogen) atoms. The SMILES string of the molecule is CCC(OC)C(NC)c1ccc2ccccc2c1. The van der Waals surface area contributed by atoms with Crippen LogP contribution in [0.15, 0.2) is 42.5 Å². The summed E-state index contributed by atoms with van der Waals surface area (Å²) in [6.07, 6.45) is 1.20. The molecule has 2 unspecified atom stereocenters. The molecule has 0 heterocycles. The molecule has 2 aromatic carbocycles. The lowest BCUT2D eigenvalue weighted by atomic mass is 9.97. The lowest BCUT2D eigenvalue weighted by Crippen LogP contribution is -2.30. The molecule has 2 rings (SSSR count). The molecular weight excluding hydrogens is 222 g/mol. The van der Waals surface area contributed by atoms with Gasteiger partial charge in [-0.25, -0.2) is 0 Å². The fourth-order valence-electron chi connectivity index (χ4n) is 2.51. The van der Waals surface area contributed by atoms with Crippen LogP contribution in [-0.4, -0.2) is 20.3 Å². The molecule has 0 aliphatic carbocycles. The summed E-state index contributed by atoms with van der Waals surface area (Å²) < 4.78 is 5.56. The Morgan fingerprint density at radius 1 is 1.11 bits per heavy atom. The molecule has 96 valence electrons. The molecule has 0 aliphatic heterocycles. The van der Waals surface area contributed by atoms with Crippen molar-refractivity contribution < 1.29 is 4.74 Å². The minimum atomic E-state index is 0.205. The normalized spacial score (nSPS) is 14.6. The van der Waals surface area contributed by atoms with Gasteiger partial charge in [0.25, 0.3) is 0 Å². The Labute approximate surface area is 109 Å². The van der Waals surface area contributed by atoms with Gasteiger partial charge in [-0.3, -0.25) is 0 Å². The maximum absolute atomic E-state index is 5.56. The van der Waals surface area contributed by atoms with Gasteiger partial charge >= 0.3 is 0 Å². The number of methoxy groups -OCH3 is 1. The number of ether oxygens (including phenoxy) is 1. The summed E-state index contributed by atoms with van der Waals surface area (Å²) >= 11 is 0. The van der Waals surface area contributed by atoms with Crippen LogP contribution in [0.2, 0.25) is 0 Å². The van der Waals surface area contributed by atoms with E-state index in [-0.39, 0.29) is 12.1 Å². The monoisotopic (exact) mass is 243 g/mol. The molecular formula is C16H21NO. The average molecular weight is 243 g/mol. The first-order valence-corrected chi connectivity index (χ1v) is 6.49. The first-order valence-electron chi connectivity index (χ1n) is 6.49. The number of likely N-dealkylation sites (N-methyl/N-ethyl adjacent to an activating group) is 1. The van der Waals surface area contributed by atoms with E-state index < -0.39 is 0 Å². The summed E-state index contributed by atoms with van der Waals surface area (Å²) in [5, 5.41) is 5.92. The first kappa shape index (κ1) is 13.1. The third kappa shape index (κ3) is 2.55. The molecule has 0 fully saturated rings. The van der Waals surface area contributed by atoms with E-state index in [4.69, 9.17) is 4.74 Å². The fraction of sp³-hybridized carbons (Fsp3) is 0.375. The Balaban J connectivity index is 2.39. The van der Waals surface area contributed by atoms with E-state index in [2.05, 4.69) is 54.7 Å². The number of hydrogen-bond donors (Lipinski definition) is 1. The summed E-state index contributed by atoms with van der Waals surface area (Å²) in [4.78, 5) is 0. The van der Waals surface area contributed by atoms with Gasteiger partial charge in [0.1, 0.15) is 0 Å². The molecule has 1 N–H and O–H groups in total. The molecule has 0 aliphatic rings. The zero-order valence-corrected chi connectivity index (χ0v) is 11.3. The number of fused-ring (bicyclic) bond motifs is 1. The highest BCUT2D eigenvalue weighted by Gasteiger charge is 2.19. The number of nitrogens with one attached hydrogen (secondary N) is 1. The highest BCUT2D eigenvalue weighted by atomic mass is 16.5. The number of hydrogen-bond acceptors (Lipinski definition) is 2. The third-order valence-electron chi connectivity index (χ3n) is 3.52. The molecule has 0 spiro atoms. The first-order chi connectivity index (χ1) is 8.80. The van der Waals surface area contributed by atoms with Crippen molar-refractivity contribution in [1.29, 1.82) is 0 Å². The van der Waals surface area contributed by atoms with E-state index in [0.717, 1.165) is 6.42 Å². The van der Waals surface area contributed by atoms with Gasteiger partial charge in [0.05, 0.1) is 12.1 Å². The van der Waals surface area contributed by atoms with Crippen molar-refractivity contribution in [2.75, 3.05) is 14.2 Å². The second-order valence-electron chi connectivity index (χ2n) is 4.56. The fourth-order valence-corrected chi connectivity index (χ4v) is 2.51. The molecule has 2 atom stereocenters. The van der Waals surface area contributed by atoms with E-state index in [9.17, 15) is 0 Å². The highest BCUT2D eigenvalue weighted by molar-refractivity contribution is 5.83. The smallest absolute Gasteiger partial charge is 0.0763 e. The zero-order valence-electron chi connectivity index (χ0n) is 11.3. The molecule has 0 amide bonds.